The van der Waals surface area contributed by atoms with Crippen LogP contribution in [-0.2, 0) is 0 Å². The predicted molar refractivity (Wildman–Crippen MR) is 72.3 cm³/mol. The Morgan fingerprint density at radius 1 is 1.44 bits per heavy atom. The molecule has 0 fully saturated rings. The summed E-state index contributed by atoms with van der Waals surface area (Å²) in [6, 6.07) is 2.89. The first-order chi connectivity index (χ1) is 8.58. The first-order valence-corrected chi connectivity index (χ1v) is 6.74. The van der Waals surface area contributed by atoms with Gasteiger partial charge < -0.3 is 5.32 Å². The Kier molecular flexibility index (Phi) is 4.16. The fourth-order valence-corrected chi connectivity index (χ4v) is 2.44. The summed E-state index contributed by atoms with van der Waals surface area (Å²) < 4.78 is 0. The van der Waals surface area contributed by atoms with E-state index in [2.05, 4.69) is 15.3 Å². The summed E-state index contributed by atoms with van der Waals surface area (Å²) in [7, 11) is 0. The molecule has 0 saturated carbocycles. The van der Waals surface area contributed by atoms with E-state index in [1.165, 1.54) is 17.4 Å². The molecule has 7 heteroatoms. The lowest BCUT2D eigenvalue weighted by Gasteiger charge is -2.11. The maximum atomic E-state index is 12.0. The lowest BCUT2D eigenvalue weighted by Crippen LogP contribution is -2.27. The van der Waals surface area contributed by atoms with E-state index in [-0.39, 0.29) is 22.3 Å². The number of amides is 1. The van der Waals surface area contributed by atoms with Gasteiger partial charge in [0.2, 0.25) is 0 Å². The molecular formula is C11H9Cl2N3OS. The van der Waals surface area contributed by atoms with Gasteiger partial charge in [0.05, 0.1) is 11.6 Å². The van der Waals surface area contributed by atoms with Crippen molar-refractivity contribution in [2.45, 2.75) is 13.0 Å². The van der Waals surface area contributed by atoms with Gasteiger partial charge in [0.15, 0.2) is 0 Å². The molecule has 0 aromatic carbocycles. The Balaban J connectivity index is 2.12. The van der Waals surface area contributed by atoms with Crippen molar-refractivity contribution < 1.29 is 4.79 Å². The molecule has 1 atom stereocenters. The molecule has 0 aliphatic heterocycles. The molecule has 0 radical (unpaired) electrons. The smallest absolute Gasteiger partial charge is 0.254 e. The standard InChI is InChI=1S/C11H9Cl2N3OS/c1-6(11-14-4-5-18-11)15-10(17)7-2-3-8(12)16-9(7)13/h2-6H,1H3,(H,15,17). The number of aromatic nitrogens is 2. The highest BCUT2D eigenvalue weighted by Gasteiger charge is 2.16. The second-order valence-electron chi connectivity index (χ2n) is 3.54. The number of carbonyl (C=O) groups excluding carboxylic acids is 1. The first kappa shape index (κ1) is 13.3. The van der Waals surface area contributed by atoms with Crippen LogP contribution in [0.2, 0.25) is 10.3 Å². The van der Waals surface area contributed by atoms with Gasteiger partial charge in [-0.15, -0.1) is 11.3 Å². The average Bonchev–Trinajstić information content (AvgIpc) is 2.81. The topological polar surface area (TPSA) is 54.9 Å². The van der Waals surface area contributed by atoms with Gasteiger partial charge in [-0.25, -0.2) is 9.97 Å². The molecule has 2 rings (SSSR count). The number of thiazole rings is 1. The molecule has 18 heavy (non-hydrogen) atoms. The van der Waals surface area contributed by atoms with E-state index in [1.807, 2.05) is 12.3 Å². The van der Waals surface area contributed by atoms with Crippen molar-refractivity contribution in [2.24, 2.45) is 0 Å². The summed E-state index contributed by atoms with van der Waals surface area (Å²) >= 11 is 13.0. The lowest BCUT2D eigenvalue weighted by atomic mass is 10.2. The van der Waals surface area contributed by atoms with Crippen molar-refractivity contribution in [3.8, 4) is 0 Å². The van der Waals surface area contributed by atoms with Gasteiger partial charge in [0.25, 0.3) is 5.91 Å². The Labute approximate surface area is 118 Å². The third-order valence-corrected chi connectivity index (χ3v) is 3.69. The number of halogens is 2. The molecule has 1 N–H and O–H groups in total. The lowest BCUT2D eigenvalue weighted by molar-refractivity contribution is 0.0939. The molecule has 1 amide bonds. The van der Waals surface area contributed by atoms with Gasteiger partial charge in [-0.1, -0.05) is 23.2 Å². The molecular weight excluding hydrogens is 293 g/mol. The Bertz CT molecular complexity index is 559. The summed E-state index contributed by atoms with van der Waals surface area (Å²) in [6.45, 7) is 1.86. The summed E-state index contributed by atoms with van der Waals surface area (Å²) in [5, 5.41) is 5.83. The van der Waals surface area contributed by atoms with Crippen molar-refractivity contribution in [2.75, 3.05) is 0 Å². The zero-order valence-corrected chi connectivity index (χ0v) is 11.7. The molecule has 94 valence electrons. The van der Waals surface area contributed by atoms with Crippen LogP contribution in [0.4, 0.5) is 0 Å². The molecule has 4 nitrogen and oxygen atoms in total. The van der Waals surface area contributed by atoms with Gasteiger partial charge in [-0.05, 0) is 19.1 Å². The molecule has 2 aromatic rings. The average molecular weight is 302 g/mol. The minimum Gasteiger partial charge on any atom is -0.343 e. The number of carbonyl (C=O) groups is 1. The Hall–Kier alpha value is -1.17. The summed E-state index contributed by atoms with van der Waals surface area (Å²) in [6.07, 6.45) is 1.69. The van der Waals surface area contributed by atoms with E-state index in [4.69, 9.17) is 23.2 Å². The fraction of sp³-hybridized carbons (Fsp3) is 0.182. The molecule has 2 heterocycles. The molecule has 0 aliphatic carbocycles. The number of pyridine rings is 1. The van der Waals surface area contributed by atoms with Crippen LogP contribution in [0.3, 0.4) is 0 Å². The highest BCUT2D eigenvalue weighted by Crippen LogP contribution is 2.19. The van der Waals surface area contributed by atoms with Crippen molar-refractivity contribution in [3.05, 3.63) is 44.6 Å². The molecule has 0 spiro atoms. The highest BCUT2D eigenvalue weighted by atomic mass is 35.5. The van der Waals surface area contributed by atoms with Gasteiger partial charge >= 0.3 is 0 Å². The molecule has 0 aliphatic rings. The second kappa shape index (κ2) is 5.65. The molecule has 0 bridgehead atoms. The van der Waals surface area contributed by atoms with Crippen LogP contribution < -0.4 is 5.32 Å². The van der Waals surface area contributed by atoms with Crippen LogP contribution in [0.1, 0.15) is 28.3 Å². The van der Waals surface area contributed by atoms with Crippen molar-refractivity contribution in [1.82, 2.24) is 15.3 Å². The maximum absolute atomic E-state index is 12.0. The van der Waals surface area contributed by atoms with E-state index in [1.54, 1.807) is 12.3 Å². The minimum atomic E-state index is -0.299. The zero-order valence-electron chi connectivity index (χ0n) is 9.35. The van der Waals surface area contributed by atoms with Gasteiger partial charge in [0.1, 0.15) is 15.3 Å². The fourth-order valence-electron chi connectivity index (χ4n) is 1.37. The quantitative estimate of drug-likeness (QED) is 0.885. The van der Waals surface area contributed by atoms with Gasteiger partial charge in [0, 0.05) is 11.6 Å². The summed E-state index contributed by atoms with van der Waals surface area (Å²) in [4.78, 5) is 19.9. The normalized spacial score (nSPS) is 12.2. The summed E-state index contributed by atoms with van der Waals surface area (Å²) in [5.41, 5.74) is 0.296. The molecule has 0 saturated heterocycles. The van der Waals surface area contributed by atoms with Crippen molar-refractivity contribution in [1.29, 1.82) is 0 Å². The van der Waals surface area contributed by atoms with Gasteiger partial charge in [-0.3, -0.25) is 4.79 Å². The van der Waals surface area contributed by atoms with E-state index >= 15 is 0 Å². The number of nitrogens with zero attached hydrogens (tertiary/aromatic N) is 2. The number of hydrogen-bond donors (Lipinski definition) is 1. The van der Waals surface area contributed by atoms with E-state index in [0.717, 1.165) is 5.01 Å². The number of rotatable bonds is 3. The van der Waals surface area contributed by atoms with Crippen LogP contribution in [0, 0.1) is 0 Å². The zero-order chi connectivity index (χ0) is 13.1. The van der Waals surface area contributed by atoms with Crippen LogP contribution in [0.5, 0.6) is 0 Å². The Morgan fingerprint density at radius 3 is 2.83 bits per heavy atom. The third-order valence-electron chi connectivity index (χ3n) is 2.23. The minimum absolute atomic E-state index is 0.0892. The van der Waals surface area contributed by atoms with Crippen molar-refractivity contribution >= 4 is 40.4 Å². The SMILES string of the molecule is CC(NC(=O)c1ccc(Cl)nc1Cl)c1nccs1. The maximum Gasteiger partial charge on any atom is 0.254 e. The highest BCUT2D eigenvalue weighted by molar-refractivity contribution is 7.09. The number of nitrogens with one attached hydrogen (secondary N) is 1. The van der Waals surface area contributed by atoms with E-state index in [0.29, 0.717) is 5.56 Å². The van der Waals surface area contributed by atoms with E-state index < -0.39 is 0 Å². The van der Waals surface area contributed by atoms with Crippen LogP contribution in [0.25, 0.3) is 0 Å². The number of hydrogen-bond acceptors (Lipinski definition) is 4. The second-order valence-corrected chi connectivity index (χ2v) is 5.21. The summed E-state index contributed by atoms with van der Waals surface area (Å²) in [5.74, 6) is -0.299. The van der Waals surface area contributed by atoms with Crippen LogP contribution in [-0.4, -0.2) is 15.9 Å². The first-order valence-electron chi connectivity index (χ1n) is 5.10. The van der Waals surface area contributed by atoms with Crippen LogP contribution >= 0.6 is 34.5 Å². The van der Waals surface area contributed by atoms with Crippen LogP contribution in [0.15, 0.2) is 23.7 Å². The predicted octanol–water partition coefficient (Wildman–Crippen LogP) is 3.34. The largest absolute Gasteiger partial charge is 0.343 e. The van der Waals surface area contributed by atoms with Gasteiger partial charge in [-0.2, -0.15) is 0 Å². The molecule has 2 aromatic heterocycles. The molecule has 1 unspecified atom stereocenters. The monoisotopic (exact) mass is 301 g/mol. The Morgan fingerprint density at radius 2 is 2.22 bits per heavy atom. The third kappa shape index (κ3) is 2.98. The van der Waals surface area contributed by atoms with E-state index in [9.17, 15) is 4.79 Å². The van der Waals surface area contributed by atoms with Crippen molar-refractivity contribution in [3.63, 3.8) is 0 Å².